The summed E-state index contributed by atoms with van der Waals surface area (Å²) in [5, 5.41) is 0.647. The highest BCUT2D eigenvalue weighted by Crippen LogP contribution is 2.33. The lowest BCUT2D eigenvalue weighted by molar-refractivity contribution is 0.0841. The predicted octanol–water partition coefficient (Wildman–Crippen LogP) is 7.06. The minimum Gasteiger partial charge on any atom is -0.486 e. The van der Waals surface area contributed by atoms with Gasteiger partial charge in [0, 0.05) is 26.2 Å². The van der Waals surface area contributed by atoms with E-state index in [9.17, 15) is 4.79 Å². The fraction of sp³-hybridized carbons (Fsp3) is 0.548. The van der Waals surface area contributed by atoms with Crippen molar-refractivity contribution in [2.24, 2.45) is 18.9 Å². The van der Waals surface area contributed by atoms with Gasteiger partial charge in [-0.1, -0.05) is 70.9 Å². The zero-order valence-corrected chi connectivity index (χ0v) is 22.7. The molecule has 0 radical (unpaired) electrons. The Morgan fingerprint density at radius 3 is 2.39 bits per heavy atom. The Morgan fingerprint density at radius 1 is 1.00 bits per heavy atom. The fourth-order valence-electron chi connectivity index (χ4n) is 5.87. The number of nitrogens with zero attached hydrogens (tertiary/aromatic N) is 3. The number of fused-ring (bicyclic) bond motifs is 1. The van der Waals surface area contributed by atoms with Gasteiger partial charge >= 0.3 is 0 Å². The summed E-state index contributed by atoms with van der Waals surface area (Å²) < 4.78 is 8.29. The van der Waals surface area contributed by atoms with Crippen LogP contribution in [0.3, 0.4) is 0 Å². The van der Waals surface area contributed by atoms with Gasteiger partial charge in [-0.2, -0.15) is 0 Å². The van der Waals surface area contributed by atoms with E-state index in [-0.39, 0.29) is 17.7 Å². The quantitative estimate of drug-likeness (QED) is 0.306. The second-order valence-electron chi connectivity index (χ2n) is 10.9. The van der Waals surface area contributed by atoms with Gasteiger partial charge in [0.15, 0.2) is 0 Å². The average Bonchev–Trinajstić information content (AvgIpc) is 2.87. The molecule has 0 spiro atoms. The van der Waals surface area contributed by atoms with Gasteiger partial charge in [-0.15, -0.1) is 0 Å². The second-order valence-corrected chi connectivity index (χ2v) is 10.9. The Kier molecular flexibility index (Phi) is 8.84. The first-order valence-corrected chi connectivity index (χ1v) is 13.9. The van der Waals surface area contributed by atoms with Gasteiger partial charge in [-0.3, -0.25) is 14.3 Å². The Bertz CT molecular complexity index is 1180. The third-order valence-corrected chi connectivity index (χ3v) is 7.55. The summed E-state index contributed by atoms with van der Waals surface area (Å²) >= 11 is 0. The lowest BCUT2D eigenvalue weighted by atomic mass is 9.90. The molecule has 0 unspecified atom stereocenters. The largest absolute Gasteiger partial charge is 0.486 e. The van der Waals surface area contributed by atoms with E-state index in [1.54, 1.807) is 4.57 Å². The minimum atomic E-state index is -0.0150. The van der Waals surface area contributed by atoms with E-state index in [1.165, 1.54) is 12.0 Å². The first-order valence-electron chi connectivity index (χ1n) is 13.9. The van der Waals surface area contributed by atoms with Crippen LogP contribution in [0.1, 0.15) is 89.8 Å². The second kappa shape index (κ2) is 12.1. The number of rotatable bonds is 10. The molecule has 2 aromatic carbocycles. The van der Waals surface area contributed by atoms with Crippen LogP contribution in [0.15, 0.2) is 53.3 Å². The van der Waals surface area contributed by atoms with Crippen LogP contribution in [0.4, 0.5) is 0 Å². The van der Waals surface area contributed by atoms with Gasteiger partial charge in [-0.05, 0) is 55.2 Å². The van der Waals surface area contributed by atoms with E-state index < -0.39 is 0 Å². The standard InChI is InChI=1S/C31H43N3O2/c1-6-8-15-29(24-13-10-9-11-14-24)36-25-16-17-26-27(19-25)32-30(33(5)31(26)35)28(12-7-2)34-20-22(3)18-23(4)21-34/h9-11,13-14,16-17,19,22-23,28-29H,6-8,12,15,18,20-21H2,1-5H3/t22-,23+,28-,29+/m1/s1. The van der Waals surface area contributed by atoms with Crippen molar-refractivity contribution in [3.8, 4) is 5.75 Å². The molecule has 2 heterocycles. The Balaban J connectivity index is 1.70. The summed E-state index contributed by atoms with van der Waals surface area (Å²) in [6.45, 7) is 11.2. The van der Waals surface area contributed by atoms with Crippen molar-refractivity contribution in [2.45, 2.75) is 78.4 Å². The molecule has 3 aromatic rings. The molecule has 0 saturated carbocycles. The number of ether oxygens (including phenoxy) is 1. The normalized spacial score (nSPS) is 20.4. The molecule has 5 nitrogen and oxygen atoms in total. The number of likely N-dealkylation sites (tertiary alicyclic amines) is 1. The van der Waals surface area contributed by atoms with Crippen LogP contribution in [-0.2, 0) is 7.05 Å². The van der Waals surface area contributed by atoms with Crippen molar-refractivity contribution in [1.82, 2.24) is 14.5 Å². The van der Waals surface area contributed by atoms with Crippen LogP contribution in [0.2, 0.25) is 0 Å². The molecule has 0 amide bonds. The van der Waals surface area contributed by atoms with E-state index in [2.05, 4.69) is 56.9 Å². The molecular weight excluding hydrogens is 446 g/mol. The molecule has 0 N–H and O–H groups in total. The topological polar surface area (TPSA) is 47.4 Å². The summed E-state index contributed by atoms with van der Waals surface area (Å²) in [5.74, 6) is 2.96. The highest BCUT2D eigenvalue weighted by molar-refractivity contribution is 5.79. The zero-order chi connectivity index (χ0) is 25.7. The van der Waals surface area contributed by atoms with Gasteiger partial charge in [0.1, 0.15) is 17.7 Å². The molecule has 4 rings (SSSR count). The number of benzene rings is 2. The molecule has 36 heavy (non-hydrogen) atoms. The molecule has 4 atom stereocenters. The van der Waals surface area contributed by atoms with Gasteiger partial charge in [0.05, 0.1) is 16.9 Å². The smallest absolute Gasteiger partial charge is 0.261 e. The van der Waals surface area contributed by atoms with Crippen molar-refractivity contribution in [2.75, 3.05) is 13.1 Å². The van der Waals surface area contributed by atoms with Crippen LogP contribution in [0.5, 0.6) is 5.75 Å². The van der Waals surface area contributed by atoms with Crippen molar-refractivity contribution >= 4 is 10.9 Å². The van der Waals surface area contributed by atoms with Crippen LogP contribution in [0, 0.1) is 11.8 Å². The molecule has 0 aliphatic carbocycles. The van der Waals surface area contributed by atoms with Crippen molar-refractivity contribution in [3.63, 3.8) is 0 Å². The molecule has 5 heteroatoms. The van der Waals surface area contributed by atoms with E-state index >= 15 is 0 Å². The summed E-state index contributed by atoms with van der Waals surface area (Å²) in [7, 11) is 1.88. The molecule has 1 saturated heterocycles. The van der Waals surface area contributed by atoms with Crippen molar-refractivity contribution < 1.29 is 4.74 Å². The zero-order valence-electron chi connectivity index (χ0n) is 22.7. The van der Waals surface area contributed by atoms with E-state index in [0.29, 0.717) is 17.2 Å². The van der Waals surface area contributed by atoms with Gasteiger partial charge in [-0.25, -0.2) is 4.98 Å². The van der Waals surface area contributed by atoms with Crippen molar-refractivity contribution in [1.29, 1.82) is 0 Å². The van der Waals surface area contributed by atoms with Gasteiger partial charge in [0.25, 0.3) is 5.56 Å². The molecule has 1 aliphatic rings. The van der Waals surface area contributed by atoms with Crippen LogP contribution in [0.25, 0.3) is 10.9 Å². The van der Waals surface area contributed by atoms with Crippen LogP contribution in [-0.4, -0.2) is 27.5 Å². The van der Waals surface area contributed by atoms with Gasteiger partial charge in [0.2, 0.25) is 0 Å². The number of piperidine rings is 1. The van der Waals surface area contributed by atoms with E-state index in [0.717, 1.165) is 62.3 Å². The minimum absolute atomic E-state index is 0.0150. The maximum absolute atomic E-state index is 13.4. The molecule has 1 aromatic heterocycles. The molecule has 194 valence electrons. The summed E-state index contributed by atoms with van der Waals surface area (Å²) in [5.41, 5.74) is 1.93. The number of hydrogen-bond acceptors (Lipinski definition) is 4. The lowest BCUT2D eigenvalue weighted by Crippen LogP contribution is -2.43. The Morgan fingerprint density at radius 2 is 1.72 bits per heavy atom. The maximum Gasteiger partial charge on any atom is 0.261 e. The van der Waals surface area contributed by atoms with Crippen molar-refractivity contribution in [3.05, 3.63) is 70.3 Å². The third kappa shape index (κ3) is 6.00. The van der Waals surface area contributed by atoms with E-state index in [1.807, 2.05) is 31.3 Å². The monoisotopic (exact) mass is 489 g/mol. The number of hydrogen-bond donors (Lipinski definition) is 0. The van der Waals surface area contributed by atoms with Crippen LogP contribution >= 0.6 is 0 Å². The average molecular weight is 490 g/mol. The molecular formula is C31H43N3O2. The lowest BCUT2D eigenvalue weighted by Gasteiger charge is -2.40. The number of aromatic nitrogens is 2. The van der Waals surface area contributed by atoms with Crippen LogP contribution < -0.4 is 10.3 Å². The molecule has 0 bridgehead atoms. The SMILES string of the molecule is CCCC[C@H](Oc1ccc2c(=O)n(C)c([C@@H](CCC)N3C[C@H](C)C[C@H](C)C3)nc2c1)c1ccccc1. The summed E-state index contributed by atoms with van der Waals surface area (Å²) in [6, 6.07) is 16.3. The first kappa shape index (κ1) is 26.4. The highest BCUT2D eigenvalue weighted by atomic mass is 16.5. The Hall–Kier alpha value is -2.66. The predicted molar refractivity (Wildman–Crippen MR) is 148 cm³/mol. The maximum atomic E-state index is 13.4. The van der Waals surface area contributed by atoms with E-state index in [4.69, 9.17) is 9.72 Å². The third-order valence-electron chi connectivity index (χ3n) is 7.55. The number of unbranched alkanes of at least 4 members (excludes halogenated alkanes) is 1. The highest BCUT2D eigenvalue weighted by Gasteiger charge is 2.30. The molecule has 1 aliphatic heterocycles. The summed E-state index contributed by atoms with van der Waals surface area (Å²) in [4.78, 5) is 21.1. The summed E-state index contributed by atoms with van der Waals surface area (Å²) in [6.07, 6.45) is 6.47. The van der Waals surface area contributed by atoms with Gasteiger partial charge < -0.3 is 4.74 Å². The fourth-order valence-corrected chi connectivity index (χ4v) is 5.87. The first-order chi connectivity index (χ1) is 17.4. The Labute approximate surface area is 216 Å². The molecule has 1 fully saturated rings.